The van der Waals surface area contributed by atoms with Crippen molar-refractivity contribution in [3.8, 4) is 11.1 Å². The van der Waals surface area contributed by atoms with Gasteiger partial charge in [0.2, 0.25) is 5.78 Å². The maximum atomic E-state index is 14.8. The van der Waals surface area contributed by atoms with Crippen LogP contribution < -0.4 is 11.1 Å². The number of hydrogen-bond donors (Lipinski definition) is 2. The molecule has 0 radical (unpaired) electrons. The summed E-state index contributed by atoms with van der Waals surface area (Å²) in [6.07, 6.45) is 1.19. The Balaban J connectivity index is 1.68. The first-order chi connectivity index (χ1) is 15.3. The molecule has 0 heterocycles. The van der Waals surface area contributed by atoms with Crippen molar-refractivity contribution in [3.63, 3.8) is 0 Å². The molecule has 0 spiro atoms. The van der Waals surface area contributed by atoms with E-state index >= 15 is 0 Å². The molecule has 3 N–H and O–H groups in total. The van der Waals surface area contributed by atoms with Crippen LogP contribution in [0.25, 0.3) is 11.1 Å². The van der Waals surface area contributed by atoms with Gasteiger partial charge in [-0.3, -0.25) is 24.5 Å². The number of allylic oxidation sites excluding steroid dienone is 2. The molecule has 0 aliphatic heterocycles. The highest BCUT2D eigenvalue weighted by molar-refractivity contribution is 6.25. The van der Waals surface area contributed by atoms with Gasteiger partial charge in [0, 0.05) is 29.0 Å². The number of anilines is 1. The molecule has 1 aliphatic rings. The quantitative estimate of drug-likeness (QED) is 0.465. The largest absolute Gasteiger partial charge is 0.366 e. The highest BCUT2D eigenvalue weighted by Crippen LogP contribution is 2.35. The van der Waals surface area contributed by atoms with E-state index in [2.05, 4.69) is 5.32 Å². The Morgan fingerprint density at radius 3 is 2.25 bits per heavy atom. The van der Waals surface area contributed by atoms with E-state index in [-0.39, 0.29) is 34.0 Å². The average molecular weight is 431 g/mol. The highest BCUT2D eigenvalue weighted by atomic mass is 19.1. The van der Waals surface area contributed by atoms with Crippen LogP contribution in [0, 0.1) is 15.9 Å². The second kappa shape index (κ2) is 7.88. The molecule has 32 heavy (non-hydrogen) atoms. The number of benzene rings is 3. The van der Waals surface area contributed by atoms with Crippen LogP contribution in [0.4, 0.5) is 15.8 Å². The van der Waals surface area contributed by atoms with Crippen LogP contribution in [0.2, 0.25) is 0 Å². The van der Waals surface area contributed by atoms with E-state index in [1.807, 2.05) is 0 Å². The van der Waals surface area contributed by atoms with Crippen molar-refractivity contribution in [2.75, 3.05) is 5.32 Å². The summed E-state index contributed by atoms with van der Waals surface area (Å²) in [5.74, 6) is -2.83. The topological polar surface area (TPSA) is 132 Å². The molecule has 0 atom stereocenters. The van der Waals surface area contributed by atoms with Gasteiger partial charge >= 0.3 is 0 Å². The summed E-state index contributed by atoms with van der Waals surface area (Å²) in [6, 6.07) is 14.1. The normalized spacial score (nSPS) is 12.7. The van der Waals surface area contributed by atoms with E-state index in [0.717, 1.165) is 12.1 Å². The fourth-order valence-corrected chi connectivity index (χ4v) is 3.47. The van der Waals surface area contributed by atoms with Crippen molar-refractivity contribution in [1.29, 1.82) is 0 Å². The molecule has 1 aliphatic carbocycles. The molecule has 8 nitrogen and oxygen atoms in total. The molecule has 0 fully saturated rings. The summed E-state index contributed by atoms with van der Waals surface area (Å²) < 4.78 is 14.8. The SMILES string of the molecule is NC(=O)c1ccc([N+](=O)[O-])c(-c2ccc(NC3=CC(=O)c4ccccc4C3=O)cc2)c1F. The molecule has 3 aromatic carbocycles. The van der Waals surface area contributed by atoms with Crippen molar-refractivity contribution in [2.45, 2.75) is 0 Å². The predicted molar refractivity (Wildman–Crippen MR) is 114 cm³/mol. The number of hydrogen-bond acceptors (Lipinski definition) is 6. The molecular weight excluding hydrogens is 417 g/mol. The van der Waals surface area contributed by atoms with Crippen molar-refractivity contribution in [3.05, 3.63) is 105 Å². The van der Waals surface area contributed by atoms with Gasteiger partial charge in [0.1, 0.15) is 0 Å². The third kappa shape index (κ3) is 3.52. The smallest absolute Gasteiger partial charge is 0.280 e. The number of fused-ring (bicyclic) bond motifs is 1. The Labute approximate surface area is 180 Å². The monoisotopic (exact) mass is 431 g/mol. The number of nitrogens with one attached hydrogen (secondary N) is 1. The molecule has 4 rings (SSSR count). The number of nitro benzene ring substituents is 1. The lowest BCUT2D eigenvalue weighted by atomic mass is 9.92. The number of nitro groups is 1. The van der Waals surface area contributed by atoms with Gasteiger partial charge in [-0.1, -0.05) is 36.4 Å². The summed E-state index contributed by atoms with van der Waals surface area (Å²) in [5.41, 5.74) is 4.96. The summed E-state index contributed by atoms with van der Waals surface area (Å²) in [5, 5.41) is 14.2. The minimum atomic E-state index is -1.10. The van der Waals surface area contributed by atoms with Crippen LogP contribution in [0.1, 0.15) is 31.1 Å². The van der Waals surface area contributed by atoms with Crippen molar-refractivity contribution in [1.82, 2.24) is 0 Å². The zero-order chi connectivity index (χ0) is 23.0. The third-order valence-corrected chi connectivity index (χ3v) is 4.99. The number of halogens is 1. The number of ketones is 2. The van der Waals surface area contributed by atoms with Crippen LogP contribution in [-0.2, 0) is 0 Å². The average Bonchev–Trinajstić information content (AvgIpc) is 2.77. The van der Waals surface area contributed by atoms with Crippen molar-refractivity contribution in [2.24, 2.45) is 5.73 Å². The molecule has 1 amide bonds. The van der Waals surface area contributed by atoms with E-state index in [1.165, 1.54) is 30.3 Å². The van der Waals surface area contributed by atoms with Gasteiger partial charge in [0.25, 0.3) is 11.6 Å². The Morgan fingerprint density at radius 2 is 1.62 bits per heavy atom. The van der Waals surface area contributed by atoms with Gasteiger partial charge in [-0.15, -0.1) is 0 Å². The number of amides is 1. The molecule has 0 aromatic heterocycles. The summed E-state index contributed by atoms with van der Waals surface area (Å²) in [6.45, 7) is 0. The van der Waals surface area contributed by atoms with Crippen LogP contribution in [0.3, 0.4) is 0 Å². The van der Waals surface area contributed by atoms with Crippen LogP contribution in [0.15, 0.2) is 72.4 Å². The van der Waals surface area contributed by atoms with Gasteiger partial charge < -0.3 is 11.1 Å². The van der Waals surface area contributed by atoms with Crippen LogP contribution >= 0.6 is 0 Å². The Kier molecular flexibility index (Phi) is 5.07. The molecule has 158 valence electrons. The minimum Gasteiger partial charge on any atom is -0.366 e. The number of Topliss-reactive ketones (excluding diaryl/α,β-unsaturated/α-hetero) is 1. The van der Waals surface area contributed by atoms with Crippen LogP contribution in [0.5, 0.6) is 0 Å². The zero-order valence-corrected chi connectivity index (χ0v) is 16.3. The molecule has 0 unspecified atom stereocenters. The van der Waals surface area contributed by atoms with Gasteiger partial charge in [0.05, 0.1) is 21.7 Å². The van der Waals surface area contributed by atoms with Crippen molar-refractivity contribution < 1.29 is 23.7 Å². The number of carbonyl (C=O) groups excluding carboxylic acids is 3. The van der Waals surface area contributed by atoms with E-state index in [1.54, 1.807) is 24.3 Å². The number of carbonyl (C=O) groups is 3. The summed E-state index contributed by atoms with van der Waals surface area (Å²) >= 11 is 0. The summed E-state index contributed by atoms with van der Waals surface area (Å²) in [4.78, 5) is 47.0. The van der Waals surface area contributed by atoms with E-state index in [4.69, 9.17) is 5.73 Å². The Bertz CT molecular complexity index is 1350. The zero-order valence-electron chi connectivity index (χ0n) is 16.3. The van der Waals surface area contributed by atoms with Crippen LogP contribution in [-0.4, -0.2) is 22.4 Å². The molecule has 3 aromatic rings. The van der Waals surface area contributed by atoms with Gasteiger partial charge in [0.15, 0.2) is 11.6 Å². The van der Waals surface area contributed by atoms with E-state index < -0.39 is 27.9 Å². The first-order valence-corrected chi connectivity index (χ1v) is 9.32. The number of nitrogens with two attached hydrogens (primary N) is 1. The number of nitrogens with zero attached hydrogens (tertiary/aromatic N) is 1. The fraction of sp³-hybridized carbons (Fsp3) is 0. The Morgan fingerprint density at radius 1 is 0.969 bits per heavy atom. The van der Waals surface area contributed by atoms with Gasteiger partial charge in [-0.2, -0.15) is 0 Å². The molecule has 0 bridgehead atoms. The molecular formula is C23H14FN3O5. The molecule has 0 saturated carbocycles. The maximum absolute atomic E-state index is 14.8. The lowest BCUT2D eigenvalue weighted by Crippen LogP contribution is -2.21. The first kappa shape index (κ1) is 20.6. The van der Waals surface area contributed by atoms with E-state index in [0.29, 0.717) is 11.3 Å². The third-order valence-electron chi connectivity index (χ3n) is 4.99. The second-order valence-corrected chi connectivity index (χ2v) is 6.94. The predicted octanol–water partition coefficient (Wildman–Crippen LogP) is 3.87. The maximum Gasteiger partial charge on any atom is 0.280 e. The number of primary amides is 1. The minimum absolute atomic E-state index is 0.0642. The van der Waals surface area contributed by atoms with Gasteiger partial charge in [-0.05, 0) is 23.8 Å². The molecule has 0 saturated heterocycles. The summed E-state index contributed by atoms with van der Waals surface area (Å²) in [7, 11) is 0. The lowest BCUT2D eigenvalue weighted by molar-refractivity contribution is -0.384. The number of rotatable bonds is 5. The first-order valence-electron chi connectivity index (χ1n) is 9.32. The fourth-order valence-electron chi connectivity index (χ4n) is 3.47. The molecule has 9 heteroatoms. The highest BCUT2D eigenvalue weighted by Gasteiger charge is 2.26. The van der Waals surface area contributed by atoms with Gasteiger partial charge in [-0.25, -0.2) is 4.39 Å². The standard InChI is InChI=1S/C23H14FN3O5/c24-21-16(23(25)30)9-10-18(27(31)32)20(21)12-5-7-13(8-6-12)26-17-11-19(28)14-3-1-2-4-15(14)22(17)29/h1-11,26H,(H2,25,30). The van der Waals surface area contributed by atoms with E-state index in [9.17, 15) is 28.9 Å². The Hall–Kier alpha value is -4.66. The van der Waals surface area contributed by atoms with Crippen molar-refractivity contribution >= 4 is 28.8 Å². The second-order valence-electron chi connectivity index (χ2n) is 6.94. The lowest BCUT2D eigenvalue weighted by Gasteiger charge is -2.16.